The molecule has 92 valence electrons. The summed E-state index contributed by atoms with van der Waals surface area (Å²) in [6.07, 6.45) is 9.70. The molecule has 5 nitrogen and oxygen atoms in total. The average Bonchev–Trinajstić information content (AvgIpc) is 2.37. The third-order valence-electron chi connectivity index (χ3n) is 2.83. The van der Waals surface area contributed by atoms with Gasteiger partial charge in [-0.1, -0.05) is 12.2 Å². The van der Waals surface area contributed by atoms with Crippen LogP contribution in [0.4, 0.5) is 4.79 Å². The molecule has 0 bridgehead atoms. The molecule has 0 fully saturated rings. The molecule has 5 heteroatoms. The van der Waals surface area contributed by atoms with E-state index in [1.165, 1.54) is 0 Å². The summed E-state index contributed by atoms with van der Waals surface area (Å²) in [4.78, 5) is 10.4. The van der Waals surface area contributed by atoms with Crippen molar-refractivity contribution in [2.75, 3.05) is 0 Å². The number of rotatable bonds is 1. The van der Waals surface area contributed by atoms with Crippen LogP contribution in [0, 0.1) is 0 Å². The van der Waals surface area contributed by atoms with Gasteiger partial charge in [-0.2, -0.15) is 0 Å². The van der Waals surface area contributed by atoms with E-state index < -0.39 is 6.16 Å². The molecular formula is C13H10O5. The fourth-order valence-corrected chi connectivity index (χ4v) is 2.07. The van der Waals surface area contributed by atoms with Gasteiger partial charge in [-0.05, 0) is 17.7 Å². The SMILES string of the molecule is O=C(O)OC1=CCC2=C(C=CC3=CC=COC32)O1. The minimum Gasteiger partial charge on any atom is -0.489 e. The van der Waals surface area contributed by atoms with Gasteiger partial charge in [0.05, 0.1) is 6.26 Å². The number of carbonyl (C=O) groups is 1. The maximum Gasteiger partial charge on any atom is 0.513 e. The van der Waals surface area contributed by atoms with Gasteiger partial charge < -0.3 is 19.3 Å². The zero-order chi connectivity index (χ0) is 12.5. The second-order valence-corrected chi connectivity index (χ2v) is 3.93. The van der Waals surface area contributed by atoms with Crippen molar-refractivity contribution in [3.8, 4) is 0 Å². The van der Waals surface area contributed by atoms with Gasteiger partial charge in [-0.25, -0.2) is 4.79 Å². The van der Waals surface area contributed by atoms with E-state index in [1.54, 1.807) is 18.4 Å². The second kappa shape index (κ2) is 4.10. The predicted molar refractivity (Wildman–Crippen MR) is 61.2 cm³/mol. The molecule has 1 N–H and O–H groups in total. The Morgan fingerprint density at radius 2 is 2.33 bits per heavy atom. The summed E-state index contributed by atoms with van der Waals surface area (Å²) in [6.45, 7) is 0. The molecule has 0 saturated carbocycles. The van der Waals surface area contributed by atoms with Gasteiger partial charge in [-0.15, -0.1) is 0 Å². The van der Waals surface area contributed by atoms with Crippen LogP contribution in [0.5, 0.6) is 0 Å². The Bertz CT molecular complexity index is 548. The van der Waals surface area contributed by atoms with Crippen LogP contribution >= 0.6 is 0 Å². The van der Waals surface area contributed by atoms with Crippen LogP contribution in [-0.2, 0) is 14.2 Å². The van der Waals surface area contributed by atoms with Gasteiger partial charge in [0.25, 0.3) is 5.95 Å². The maximum atomic E-state index is 10.4. The van der Waals surface area contributed by atoms with Crippen molar-refractivity contribution in [2.45, 2.75) is 12.5 Å². The molecule has 18 heavy (non-hydrogen) atoms. The Labute approximate surface area is 103 Å². The zero-order valence-electron chi connectivity index (χ0n) is 9.33. The van der Waals surface area contributed by atoms with Gasteiger partial charge in [0.2, 0.25) is 0 Å². The van der Waals surface area contributed by atoms with Crippen molar-refractivity contribution in [3.63, 3.8) is 0 Å². The van der Waals surface area contributed by atoms with Crippen LogP contribution < -0.4 is 0 Å². The third-order valence-corrected chi connectivity index (χ3v) is 2.83. The molecule has 0 amide bonds. The molecule has 2 heterocycles. The molecule has 3 rings (SSSR count). The summed E-state index contributed by atoms with van der Waals surface area (Å²) in [5.74, 6) is 0.580. The van der Waals surface area contributed by atoms with Crippen molar-refractivity contribution in [1.29, 1.82) is 0 Å². The molecule has 3 aliphatic rings. The van der Waals surface area contributed by atoms with E-state index in [1.807, 2.05) is 18.2 Å². The van der Waals surface area contributed by atoms with Crippen LogP contribution in [0.25, 0.3) is 0 Å². The minimum atomic E-state index is -1.39. The van der Waals surface area contributed by atoms with Crippen molar-refractivity contribution in [2.24, 2.45) is 0 Å². The monoisotopic (exact) mass is 246 g/mol. The quantitative estimate of drug-likeness (QED) is 0.720. The van der Waals surface area contributed by atoms with E-state index in [4.69, 9.17) is 14.6 Å². The lowest BCUT2D eigenvalue weighted by molar-refractivity contribution is 0.0587. The number of hydrogen-bond donors (Lipinski definition) is 1. The van der Waals surface area contributed by atoms with Crippen LogP contribution in [0.3, 0.4) is 0 Å². The number of carboxylic acid groups (broad SMARTS) is 1. The van der Waals surface area contributed by atoms with Crippen molar-refractivity contribution in [3.05, 3.63) is 59.5 Å². The number of allylic oxidation sites excluding steroid dienone is 4. The highest BCUT2D eigenvalue weighted by Crippen LogP contribution is 2.35. The number of fused-ring (bicyclic) bond motifs is 2. The smallest absolute Gasteiger partial charge is 0.489 e. The van der Waals surface area contributed by atoms with Crippen molar-refractivity contribution >= 4 is 6.16 Å². The van der Waals surface area contributed by atoms with Gasteiger partial charge in [0, 0.05) is 18.1 Å². The van der Waals surface area contributed by atoms with E-state index in [9.17, 15) is 4.79 Å². The van der Waals surface area contributed by atoms with Gasteiger partial charge >= 0.3 is 6.16 Å². The normalized spacial score (nSPS) is 24.1. The van der Waals surface area contributed by atoms with Gasteiger partial charge in [-0.3, -0.25) is 0 Å². The first-order valence-corrected chi connectivity index (χ1v) is 5.46. The fourth-order valence-electron chi connectivity index (χ4n) is 2.07. The molecule has 0 spiro atoms. The van der Waals surface area contributed by atoms with Crippen molar-refractivity contribution < 1.29 is 24.1 Å². The fraction of sp³-hybridized carbons (Fsp3) is 0.154. The molecule has 0 aromatic rings. The molecular weight excluding hydrogens is 236 g/mol. The van der Waals surface area contributed by atoms with E-state index in [0.717, 1.165) is 11.1 Å². The number of ether oxygens (including phenoxy) is 3. The molecule has 1 aliphatic carbocycles. The minimum absolute atomic E-state index is 0.00955. The summed E-state index contributed by atoms with van der Waals surface area (Å²) in [5.41, 5.74) is 2.02. The van der Waals surface area contributed by atoms with Crippen LogP contribution in [0.2, 0.25) is 0 Å². The highest BCUT2D eigenvalue weighted by Gasteiger charge is 2.29. The molecule has 1 unspecified atom stereocenters. The summed E-state index contributed by atoms with van der Waals surface area (Å²) in [7, 11) is 0. The summed E-state index contributed by atoms with van der Waals surface area (Å²) in [6, 6.07) is 0. The van der Waals surface area contributed by atoms with Gasteiger partial charge in [0.1, 0.15) is 11.9 Å². The molecule has 0 aromatic heterocycles. The lowest BCUT2D eigenvalue weighted by Gasteiger charge is -2.29. The Morgan fingerprint density at radius 1 is 1.44 bits per heavy atom. The average molecular weight is 246 g/mol. The molecule has 1 atom stereocenters. The van der Waals surface area contributed by atoms with E-state index in [2.05, 4.69) is 4.74 Å². The standard InChI is InChI=1S/C13H10O5/c14-13(15)18-11-6-4-9-10(17-11)5-3-8-2-1-7-16-12(8)9/h1-3,5-7,12H,4H2,(H,14,15). The summed E-state index contributed by atoms with van der Waals surface area (Å²) in [5, 5.41) is 8.53. The van der Waals surface area contributed by atoms with Crippen LogP contribution in [-0.4, -0.2) is 17.4 Å². The Balaban J connectivity index is 1.82. The summed E-state index contributed by atoms with van der Waals surface area (Å²) < 4.78 is 15.4. The van der Waals surface area contributed by atoms with Crippen molar-refractivity contribution in [1.82, 2.24) is 0 Å². The molecule has 0 saturated heterocycles. The highest BCUT2D eigenvalue weighted by molar-refractivity contribution is 5.58. The summed E-state index contributed by atoms with van der Waals surface area (Å²) >= 11 is 0. The van der Waals surface area contributed by atoms with Crippen LogP contribution in [0.1, 0.15) is 6.42 Å². The first-order chi connectivity index (χ1) is 8.74. The first kappa shape index (κ1) is 10.7. The highest BCUT2D eigenvalue weighted by atomic mass is 16.7. The lowest BCUT2D eigenvalue weighted by Crippen LogP contribution is -2.24. The van der Waals surface area contributed by atoms with E-state index >= 15 is 0 Å². The topological polar surface area (TPSA) is 65.0 Å². The van der Waals surface area contributed by atoms with E-state index in [0.29, 0.717) is 12.2 Å². The Hall–Kier alpha value is -2.43. The molecule has 0 radical (unpaired) electrons. The Morgan fingerprint density at radius 3 is 3.17 bits per heavy atom. The largest absolute Gasteiger partial charge is 0.513 e. The zero-order valence-corrected chi connectivity index (χ0v) is 9.33. The molecule has 0 aromatic carbocycles. The Kier molecular flexibility index (Phi) is 2.44. The predicted octanol–water partition coefficient (Wildman–Crippen LogP) is 2.61. The van der Waals surface area contributed by atoms with E-state index in [-0.39, 0.29) is 12.0 Å². The van der Waals surface area contributed by atoms with Gasteiger partial charge in [0.15, 0.2) is 0 Å². The second-order valence-electron chi connectivity index (χ2n) is 3.93. The third kappa shape index (κ3) is 1.79. The number of hydrogen-bond acceptors (Lipinski definition) is 4. The maximum absolute atomic E-state index is 10.4. The lowest BCUT2D eigenvalue weighted by atomic mass is 9.91. The first-order valence-electron chi connectivity index (χ1n) is 5.46. The van der Waals surface area contributed by atoms with Crippen LogP contribution in [0.15, 0.2) is 59.5 Å². The molecule has 2 aliphatic heterocycles.